The topological polar surface area (TPSA) is 44.8 Å². The summed E-state index contributed by atoms with van der Waals surface area (Å²) in [5, 5.41) is 0. The van der Waals surface area contributed by atoms with Crippen LogP contribution >= 0.6 is 0 Å². The predicted molar refractivity (Wildman–Crippen MR) is 66.8 cm³/mol. The zero-order chi connectivity index (χ0) is 12.8. The van der Waals surface area contributed by atoms with Gasteiger partial charge in [-0.25, -0.2) is 4.79 Å². The van der Waals surface area contributed by atoms with E-state index in [4.69, 9.17) is 9.47 Å². The van der Waals surface area contributed by atoms with Crippen molar-refractivity contribution in [2.75, 3.05) is 26.9 Å². The average molecular weight is 250 g/mol. The molecule has 1 aromatic rings. The molecule has 0 saturated carbocycles. The van der Waals surface area contributed by atoms with E-state index < -0.39 is 0 Å². The Bertz CT molecular complexity index is 397. The van der Waals surface area contributed by atoms with Crippen LogP contribution in [0.1, 0.15) is 23.2 Å². The Hall–Kier alpha value is -1.55. The number of rotatable bonds is 4. The van der Waals surface area contributed by atoms with E-state index in [0.29, 0.717) is 23.8 Å². The number of hydrogen-bond acceptors (Lipinski definition) is 4. The minimum absolute atomic E-state index is 0.346. The van der Waals surface area contributed by atoms with E-state index in [0.717, 1.165) is 26.1 Å². The molecular weight excluding hydrogens is 232 g/mol. The molecular formula is C14H18O4. The zero-order valence-electron chi connectivity index (χ0n) is 10.6. The van der Waals surface area contributed by atoms with E-state index in [1.807, 2.05) is 6.07 Å². The van der Waals surface area contributed by atoms with Crippen molar-refractivity contribution in [1.82, 2.24) is 0 Å². The first-order valence-electron chi connectivity index (χ1n) is 6.18. The van der Waals surface area contributed by atoms with Crippen LogP contribution in [0.2, 0.25) is 0 Å². The summed E-state index contributed by atoms with van der Waals surface area (Å²) in [4.78, 5) is 11.4. The van der Waals surface area contributed by atoms with Crippen molar-refractivity contribution in [3.05, 3.63) is 29.8 Å². The molecule has 0 spiro atoms. The summed E-state index contributed by atoms with van der Waals surface area (Å²) in [5.74, 6) is 0.797. The molecule has 1 aliphatic rings. The normalized spacial score (nSPS) is 19.3. The monoisotopic (exact) mass is 250 g/mol. The summed E-state index contributed by atoms with van der Waals surface area (Å²) in [6.07, 6.45) is 2.23. The van der Waals surface area contributed by atoms with Crippen molar-refractivity contribution in [3.63, 3.8) is 0 Å². The van der Waals surface area contributed by atoms with Crippen LogP contribution in [0.5, 0.6) is 5.75 Å². The van der Waals surface area contributed by atoms with Crippen LogP contribution in [0.4, 0.5) is 0 Å². The lowest BCUT2D eigenvalue weighted by atomic mass is 10.0. The molecule has 0 aliphatic carbocycles. The SMILES string of the molecule is COC(=O)c1cccc(OCC2CCCOC2)c1. The number of methoxy groups -OCH3 is 1. The van der Waals surface area contributed by atoms with Crippen LogP contribution in [-0.4, -0.2) is 32.9 Å². The number of hydrogen-bond donors (Lipinski definition) is 0. The Kier molecular flexibility index (Phi) is 4.59. The fraction of sp³-hybridized carbons (Fsp3) is 0.500. The number of carbonyl (C=O) groups is 1. The standard InChI is InChI=1S/C14H18O4/c1-16-14(15)12-5-2-6-13(8-12)18-10-11-4-3-7-17-9-11/h2,5-6,8,11H,3-4,7,9-10H2,1H3. The molecule has 0 radical (unpaired) electrons. The van der Waals surface area contributed by atoms with E-state index in [1.165, 1.54) is 7.11 Å². The third-order valence-corrected chi connectivity index (χ3v) is 3.00. The van der Waals surface area contributed by atoms with Crippen molar-refractivity contribution >= 4 is 5.97 Å². The van der Waals surface area contributed by atoms with Crippen LogP contribution < -0.4 is 4.74 Å². The zero-order valence-corrected chi connectivity index (χ0v) is 10.6. The summed E-state index contributed by atoms with van der Waals surface area (Å²) < 4.78 is 15.8. The second-order valence-electron chi connectivity index (χ2n) is 4.41. The molecule has 1 fully saturated rings. The number of benzene rings is 1. The molecule has 1 unspecified atom stereocenters. The van der Waals surface area contributed by atoms with Crippen LogP contribution in [0, 0.1) is 5.92 Å². The number of esters is 1. The number of carbonyl (C=O) groups excluding carboxylic acids is 1. The summed E-state index contributed by atoms with van der Waals surface area (Å²) in [5.41, 5.74) is 0.509. The van der Waals surface area contributed by atoms with Gasteiger partial charge in [0.2, 0.25) is 0 Å². The van der Waals surface area contributed by atoms with Gasteiger partial charge in [0.15, 0.2) is 0 Å². The van der Waals surface area contributed by atoms with Gasteiger partial charge in [0.05, 0.1) is 25.9 Å². The first kappa shape index (κ1) is 12.9. The largest absolute Gasteiger partial charge is 0.493 e. The smallest absolute Gasteiger partial charge is 0.337 e. The van der Waals surface area contributed by atoms with Gasteiger partial charge in [-0.05, 0) is 31.0 Å². The summed E-state index contributed by atoms with van der Waals surface area (Å²) in [6.45, 7) is 2.25. The minimum Gasteiger partial charge on any atom is -0.493 e. The molecule has 1 heterocycles. The van der Waals surface area contributed by atoms with E-state index in [1.54, 1.807) is 18.2 Å². The summed E-state index contributed by atoms with van der Waals surface area (Å²) >= 11 is 0. The Balaban J connectivity index is 1.90. The first-order chi connectivity index (χ1) is 8.79. The molecule has 0 bridgehead atoms. The predicted octanol–water partition coefficient (Wildman–Crippen LogP) is 2.28. The van der Waals surface area contributed by atoms with Crippen LogP contribution in [-0.2, 0) is 9.47 Å². The van der Waals surface area contributed by atoms with E-state index in [2.05, 4.69) is 4.74 Å². The molecule has 0 aromatic heterocycles. The van der Waals surface area contributed by atoms with Gasteiger partial charge in [0.1, 0.15) is 5.75 Å². The summed E-state index contributed by atoms with van der Waals surface area (Å²) in [6, 6.07) is 7.05. The van der Waals surface area contributed by atoms with E-state index >= 15 is 0 Å². The lowest BCUT2D eigenvalue weighted by Gasteiger charge is -2.22. The third-order valence-electron chi connectivity index (χ3n) is 3.00. The molecule has 4 nitrogen and oxygen atoms in total. The van der Waals surface area contributed by atoms with E-state index in [9.17, 15) is 4.79 Å². The Morgan fingerprint density at radius 2 is 2.39 bits per heavy atom. The van der Waals surface area contributed by atoms with Crippen LogP contribution in [0.25, 0.3) is 0 Å². The minimum atomic E-state index is -0.346. The quantitative estimate of drug-likeness (QED) is 0.769. The van der Waals surface area contributed by atoms with Crippen molar-refractivity contribution in [3.8, 4) is 5.75 Å². The van der Waals surface area contributed by atoms with Gasteiger partial charge in [-0.2, -0.15) is 0 Å². The Morgan fingerprint density at radius 3 is 3.11 bits per heavy atom. The molecule has 18 heavy (non-hydrogen) atoms. The molecule has 1 atom stereocenters. The maximum Gasteiger partial charge on any atom is 0.337 e. The first-order valence-corrected chi connectivity index (χ1v) is 6.18. The highest BCUT2D eigenvalue weighted by atomic mass is 16.5. The molecule has 1 aliphatic heterocycles. The Labute approximate surface area is 107 Å². The van der Waals surface area contributed by atoms with Gasteiger partial charge < -0.3 is 14.2 Å². The van der Waals surface area contributed by atoms with Crippen molar-refractivity contribution in [1.29, 1.82) is 0 Å². The van der Waals surface area contributed by atoms with Crippen LogP contribution in [0.3, 0.4) is 0 Å². The van der Waals surface area contributed by atoms with Crippen molar-refractivity contribution < 1.29 is 19.0 Å². The third kappa shape index (κ3) is 3.47. The Morgan fingerprint density at radius 1 is 1.50 bits per heavy atom. The number of ether oxygens (including phenoxy) is 3. The fourth-order valence-corrected chi connectivity index (χ4v) is 1.98. The molecule has 1 saturated heterocycles. The highest BCUT2D eigenvalue weighted by Gasteiger charge is 2.14. The van der Waals surface area contributed by atoms with Gasteiger partial charge in [-0.15, -0.1) is 0 Å². The molecule has 98 valence electrons. The van der Waals surface area contributed by atoms with Gasteiger partial charge in [-0.1, -0.05) is 6.07 Å². The molecule has 2 rings (SSSR count). The fourth-order valence-electron chi connectivity index (χ4n) is 1.98. The lowest BCUT2D eigenvalue weighted by Crippen LogP contribution is -2.23. The molecule has 0 amide bonds. The second kappa shape index (κ2) is 6.40. The van der Waals surface area contributed by atoms with Gasteiger partial charge >= 0.3 is 5.97 Å². The highest BCUT2D eigenvalue weighted by molar-refractivity contribution is 5.89. The molecule has 4 heteroatoms. The maximum atomic E-state index is 11.4. The molecule has 0 N–H and O–H groups in total. The lowest BCUT2D eigenvalue weighted by molar-refractivity contribution is 0.0351. The summed E-state index contributed by atoms with van der Waals surface area (Å²) in [7, 11) is 1.37. The van der Waals surface area contributed by atoms with Crippen molar-refractivity contribution in [2.45, 2.75) is 12.8 Å². The highest BCUT2D eigenvalue weighted by Crippen LogP contribution is 2.18. The second-order valence-corrected chi connectivity index (χ2v) is 4.41. The van der Waals surface area contributed by atoms with Crippen molar-refractivity contribution in [2.24, 2.45) is 5.92 Å². The van der Waals surface area contributed by atoms with Crippen LogP contribution in [0.15, 0.2) is 24.3 Å². The van der Waals surface area contributed by atoms with Gasteiger partial charge in [0.25, 0.3) is 0 Å². The van der Waals surface area contributed by atoms with Gasteiger partial charge in [-0.3, -0.25) is 0 Å². The maximum absolute atomic E-state index is 11.4. The molecule has 1 aromatic carbocycles. The van der Waals surface area contributed by atoms with E-state index in [-0.39, 0.29) is 5.97 Å². The van der Waals surface area contributed by atoms with Gasteiger partial charge in [0, 0.05) is 12.5 Å². The average Bonchev–Trinajstić information content (AvgIpc) is 2.45.